The minimum atomic E-state index is -3.49. The van der Waals surface area contributed by atoms with Crippen LogP contribution < -0.4 is 4.72 Å². The van der Waals surface area contributed by atoms with Crippen LogP contribution in [0.25, 0.3) is 0 Å². The van der Waals surface area contributed by atoms with Crippen LogP contribution in [0.15, 0.2) is 27.8 Å². The molecule has 1 aromatic rings. The van der Waals surface area contributed by atoms with E-state index in [0.717, 1.165) is 19.3 Å². The summed E-state index contributed by atoms with van der Waals surface area (Å²) in [5, 5.41) is 0.640. The van der Waals surface area contributed by atoms with E-state index in [9.17, 15) is 8.42 Å². The van der Waals surface area contributed by atoms with Gasteiger partial charge in [0.25, 0.3) is 0 Å². The van der Waals surface area contributed by atoms with Crippen molar-refractivity contribution < 1.29 is 8.42 Å². The van der Waals surface area contributed by atoms with Crippen LogP contribution in [0.5, 0.6) is 0 Å². The van der Waals surface area contributed by atoms with Crippen molar-refractivity contribution in [1.82, 2.24) is 9.71 Å². The minimum absolute atomic E-state index is 0.194. The number of aromatic nitrogens is 1. The molecule has 1 fully saturated rings. The molecule has 7 heteroatoms. The number of halogens is 2. The summed E-state index contributed by atoms with van der Waals surface area (Å²) >= 11 is 6.59. The van der Waals surface area contributed by atoms with E-state index in [0.29, 0.717) is 9.80 Å². The fourth-order valence-electron chi connectivity index (χ4n) is 1.75. The highest BCUT2D eigenvalue weighted by atomic mass is 79.9. The van der Waals surface area contributed by atoms with Gasteiger partial charge in [-0.05, 0) is 41.3 Å². The number of sulfonamides is 1. The highest BCUT2D eigenvalue weighted by Crippen LogP contribution is 2.34. The Kier molecular flexibility index (Phi) is 3.92. The van der Waals surface area contributed by atoms with Crippen LogP contribution >= 0.6 is 31.9 Å². The first-order chi connectivity index (χ1) is 7.97. The molecule has 4 nitrogen and oxygen atoms in total. The largest absolute Gasteiger partial charge is 0.262 e. The van der Waals surface area contributed by atoms with Crippen LogP contribution in [0.4, 0.5) is 0 Å². The van der Waals surface area contributed by atoms with Gasteiger partial charge in [-0.25, -0.2) is 13.1 Å². The van der Waals surface area contributed by atoms with E-state index in [-0.39, 0.29) is 10.4 Å². The maximum Gasteiger partial charge on any atom is 0.242 e. The summed E-state index contributed by atoms with van der Waals surface area (Å²) < 4.78 is 27.7. The summed E-state index contributed by atoms with van der Waals surface area (Å²) in [4.78, 5) is 4.07. The maximum atomic E-state index is 12.2. The van der Waals surface area contributed by atoms with E-state index in [4.69, 9.17) is 0 Å². The molecular weight excluding hydrogens is 372 g/mol. The van der Waals surface area contributed by atoms with Crippen molar-refractivity contribution in [2.45, 2.75) is 29.7 Å². The zero-order valence-electron chi connectivity index (χ0n) is 8.99. The Morgan fingerprint density at radius 1 is 1.41 bits per heavy atom. The maximum absolute atomic E-state index is 12.2. The van der Waals surface area contributed by atoms with Gasteiger partial charge in [0.05, 0.1) is 0 Å². The Morgan fingerprint density at radius 2 is 2.12 bits per heavy atom. The molecule has 2 rings (SSSR count). The van der Waals surface area contributed by atoms with Gasteiger partial charge < -0.3 is 0 Å². The second kappa shape index (κ2) is 4.95. The monoisotopic (exact) mass is 382 g/mol. The van der Waals surface area contributed by atoms with Crippen LogP contribution in [0.1, 0.15) is 19.3 Å². The molecule has 17 heavy (non-hydrogen) atoms. The molecule has 0 aromatic carbocycles. The van der Waals surface area contributed by atoms with Gasteiger partial charge in [0.1, 0.15) is 4.90 Å². The Labute approximate surface area is 118 Å². The predicted molar refractivity (Wildman–Crippen MR) is 72.6 cm³/mol. The molecule has 0 saturated heterocycles. The Hall–Kier alpha value is 0.0200. The van der Waals surface area contributed by atoms with E-state index >= 15 is 0 Å². The van der Waals surface area contributed by atoms with Crippen molar-refractivity contribution in [1.29, 1.82) is 0 Å². The van der Waals surface area contributed by atoms with Gasteiger partial charge >= 0.3 is 0 Å². The second-order valence-corrected chi connectivity index (χ2v) is 7.37. The van der Waals surface area contributed by atoms with Crippen molar-refractivity contribution in [2.24, 2.45) is 0 Å². The summed E-state index contributed by atoms with van der Waals surface area (Å²) in [6.07, 6.45) is 5.72. The lowest BCUT2D eigenvalue weighted by atomic mass is 9.80. The van der Waals surface area contributed by atoms with Gasteiger partial charge in [-0.3, -0.25) is 4.98 Å². The molecule has 1 heterocycles. The summed E-state index contributed by atoms with van der Waals surface area (Å²) in [5.41, 5.74) is -0.318. The van der Waals surface area contributed by atoms with Crippen LogP contribution in [-0.2, 0) is 10.0 Å². The molecule has 1 aliphatic rings. The lowest BCUT2D eigenvalue weighted by Gasteiger charge is -2.40. The second-order valence-electron chi connectivity index (χ2n) is 4.21. The third-order valence-electron chi connectivity index (χ3n) is 2.91. The van der Waals surface area contributed by atoms with Crippen molar-refractivity contribution in [2.75, 3.05) is 5.33 Å². The van der Waals surface area contributed by atoms with Gasteiger partial charge in [0.15, 0.2) is 0 Å². The highest BCUT2D eigenvalue weighted by Gasteiger charge is 2.39. The first-order valence-electron chi connectivity index (χ1n) is 5.18. The molecule has 1 N–H and O–H groups in total. The number of rotatable bonds is 4. The number of alkyl halides is 1. The van der Waals surface area contributed by atoms with Crippen molar-refractivity contribution in [3.63, 3.8) is 0 Å². The van der Waals surface area contributed by atoms with Crippen molar-refractivity contribution >= 4 is 41.9 Å². The van der Waals surface area contributed by atoms with Crippen LogP contribution in [-0.4, -0.2) is 24.3 Å². The quantitative estimate of drug-likeness (QED) is 0.812. The zero-order chi connectivity index (χ0) is 12.5. The number of pyridine rings is 1. The number of nitrogens with zero attached hydrogens (tertiary/aromatic N) is 1. The molecule has 1 saturated carbocycles. The lowest BCUT2D eigenvalue weighted by Crippen LogP contribution is -2.54. The highest BCUT2D eigenvalue weighted by molar-refractivity contribution is 9.10. The Bertz CT molecular complexity index is 509. The topological polar surface area (TPSA) is 59.1 Å². The molecule has 0 spiro atoms. The van der Waals surface area contributed by atoms with Gasteiger partial charge in [-0.15, -0.1) is 0 Å². The van der Waals surface area contributed by atoms with E-state index in [1.54, 1.807) is 12.3 Å². The number of hydrogen-bond donors (Lipinski definition) is 1. The molecule has 1 aliphatic carbocycles. The Morgan fingerprint density at radius 3 is 2.59 bits per heavy atom. The van der Waals surface area contributed by atoms with Crippen molar-refractivity contribution in [3.05, 3.63) is 22.9 Å². The molecule has 1 aromatic heterocycles. The molecule has 94 valence electrons. The van der Waals surface area contributed by atoms with E-state index in [2.05, 4.69) is 41.6 Å². The predicted octanol–water partition coefficient (Wildman–Crippen LogP) is 2.44. The normalized spacial score (nSPS) is 18.7. The molecule has 0 atom stereocenters. The van der Waals surface area contributed by atoms with E-state index < -0.39 is 10.0 Å². The molecule has 0 radical (unpaired) electrons. The fourth-order valence-corrected chi connectivity index (χ4v) is 4.60. The van der Waals surface area contributed by atoms with E-state index in [1.807, 2.05) is 0 Å². The summed E-state index contributed by atoms with van der Waals surface area (Å²) in [5.74, 6) is 0. The van der Waals surface area contributed by atoms with Gasteiger partial charge in [0.2, 0.25) is 10.0 Å². The minimum Gasteiger partial charge on any atom is -0.262 e. The SMILES string of the molecule is O=S(=O)(NC1(CBr)CCC1)c1cncc(Br)c1. The average Bonchev–Trinajstić information content (AvgIpc) is 2.24. The Balaban J connectivity index is 2.25. The summed E-state index contributed by atoms with van der Waals surface area (Å²) in [6.45, 7) is 0. The van der Waals surface area contributed by atoms with Crippen LogP contribution in [0, 0.1) is 0 Å². The molecule has 0 bridgehead atoms. The standard InChI is InChI=1S/C10H12Br2N2O2S/c11-7-10(2-1-3-10)14-17(15,16)9-4-8(12)5-13-6-9/h4-6,14H,1-3,7H2. The molecule has 0 aliphatic heterocycles. The van der Waals surface area contributed by atoms with Crippen molar-refractivity contribution in [3.8, 4) is 0 Å². The van der Waals surface area contributed by atoms with Crippen LogP contribution in [0.2, 0.25) is 0 Å². The summed E-state index contributed by atoms with van der Waals surface area (Å²) in [6, 6.07) is 1.55. The smallest absolute Gasteiger partial charge is 0.242 e. The molecule has 0 amide bonds. The molecular formula is C10H12Br2N2O2S. The first-order valence-corrected chi connectivity index (χ1v) is 8.58. The van der Waals surface area contributed by atoms with Gasteiger partial charge in [0, 0.05) is 27.7 Å². The fraction of sp³-hybridized carbons (Fsp3) is 0.500. The van der Waals surface area contributed by atoms with E-state index in [1.165, 1.54) is 6.20 Å². The van der Waals surface area contributed by atoms with Crippen LogP contribution in [0.3, 0.4) is 0 Å². The first kappa shape index (κ1) is 13.5. The number of hydrogen-bond acceptors (Lipinski definition) is 3. The zero-order valence-corrected chi connectivity index (χ0v) is 13.0. The van der Waals surface area contributed by atoms with Gasteiger partial charge in [-0.2, -0.15) is 0 Å². The third-order valence-corrected chi connectivity index (χ3v) is 5.96. The average molecular weight is 384 g/mol. The number of nitrogens with one attached hydrogen (secondary N) is 1. The lowest BCUT2D eigenvalue weighted by molar-refractivity contribution is 0.256. The van der Waals surface area contributed by atoms with Gasteiger partial charge in [-0.1, -0.05) is 15.9 Å². The third kappa shape index (κ3) is 2.89. The molecule has 0 unspecified atom stereocenters. The summed E-state index contributed by atoms with van der Waals surface area (Å²) in [7, 11) is -3.49.